The summed E-state index contributed by atoms with van der Waals surface area (Å²) in [7, 11) is 1.83. The zero-order chi connectivity index (χ0) is 10.8. The normalized spacial score (nSPS) is 10.6. The Kier molecular flexibility index (Phi) is 2.70. The van der Waals surface area contributed by atoms with Gasteiger partial charge in [-0.3, -0.25) is 4.68 Å². The van der Waals surface area contributed by atoms with Crippen molar-refractivity contribution in [2.24, 2.45) is 12.8 Å². The molecule has 4 nitrogen and oxygen atoms in total. The molecule has 0 atom stereocenters. The van der Waals surface area contributed by atoms with Gasteiger partial charge >= 0.3 is 0 Å². The van der Waals surface area contributed by atoms with Crippen LogP contribution in [-0.2, 0) is 13.6 Å². The van der Waals surface area contributed by atoms with Crippen LogP contribution < -0.4 is 5.73 Å². The first-order valence-electron chi connectivity index (χ1n) is 4.56. The van der Waals surface area contributed by atoms with Gasteiger partial charge in [-0.25, -0.2) is 4.98 Å². The van der Waals surface area contributed by atoms with Gasteiger partial charge in [-0.2, -0.15) is 5.10 Å². The highest BCUT2D eigenvalue weighted by atomic mass is 35.5. The van der Waals surface area contributed by atoms with Crippen molar-refractivity contribution in [1.82, 2.24) is 14.8 Å². The Morgan fingerprint density at radius 3 is 2.53 bits per heavy atom. The molecule has 1 heterocycles. The van der Waals surface area contributed by atoms with E-state index in [1.807, 2.05) is 31.3 Å². The zero-order valence-electron chi connectivity index (χ0n) is 8.31. The van der Waals surface area contributed by atoms with E-state index >= 15 is 0 Å². The number of nitrogens with two attached hydrogens (primary N) is 1. The van der Waals surface area contributed by atoms with E-state index in [0.29, 0.717) is 17.4 Å². The summed E-state index contributed by atoms with van der Waals surface area (Å²) in [4.78, 5) is 4.31. The molecule has 0 amide bonds. The van der Waals surface area contributed by atoms with Crippen LogP contribution >= 0.6 is 11.6 Å². The average molecular weight is 223 g/mol. The molecule has 0 aliphatic heterocycles. The Bertz CT molecular complexity index is 461. The van der Waals surface area contributed by atoms with Gasteiger partial charge in [0.2, 0.25) is 0 Å². The zero-order valence-corrected chi connectivity index (χ0v) is 9.07. The number of halogens is 1. The van der Waals surface area contributed by atoms with Gasteiger partial charge in [-0.1, -0.05) is 11.6 Å². The van der Waals surface area contributed by atoms with Crippen molar-refractivity contribution in [3.63, 3.8) is 0 Å². The second-order valence-corrected chi connectivity index (χ2v) is 3.62. The third-order valence-electron chi connectivity index (χ3n) is 2.14. The first-order valence-corrected chi connectivity index (χ1v) is 4.94. The van der Waals surface area contributed by atoms with Crippen LogP contribution in [0.25, 0.3) is 11.4 Å². The van der Waals surface area contributed by atoms with Gasteiger partial charge < -0.3 is 5.73 Å². The standard InChI is InChI=1S/C10H11ClN4/c1-15-9(6-12)13-10(14-15)7-2-4-8(11)5-3-7/h2-5H,6,12H2,1H3. The Labute approximate surface area is 92.7 Å². The van der Waals surface area contributed by atoms with Crippen LogP contribution in [0.1, 0.15) is 5.82 Å². The SMILES string of the molecule is Cn1nc(-c2ccc(Cl)cc2)nc1CN. The molecule has 0 unspecified atom stereocenters. The number of hydrogen-bond donors (Lipinski definition) is 1. The number of benzene rings is 1. The van der Waals surface area contributed by atoms with Crippen molar-refractivity contribution in [1.29, 1.82) is 0 Å². The molecule has 0 aliphatic rings. The summed E-state index contributed by atoms with van der Waals surface area (Å²) in [5.41, 5.74) is 6.46. The van der Waals surface area contributed by atoms with Gasteiger partial charge in [0.25, 0.3) is 0 Å². The molecular formula is C10H11ClN4. The molecule has 5 heteroatoms. The Morgan fingerprint density at radius 2 is 2.00 bits per heavy atom. The largest absolute Gasteiger partial charge is 0.324 e. The molecule has 2 rings (SSSR count). The fraction of sp³-hybridized carbons (Fsp3) is 0.200. The summed E-state index contributed by atoms with van der Waals surface area (Å²) in [6, 6.07) is 7.40. The third-order valence-corrected chi connectivity index (χ3v) is 2.39. The molecule has 0 fully saturated rings. The van der Waals surface area contributed by atoms with Crippen molar-refractivity contribution in [3.8, 4) is 11.4 Å². The van der Waals surface area contributed by atoms with Crippen LogP contribution in [-0.4, -0.2) is 14.8 Å². The van der Waals surface area contributed by atoms with Gasteiger partial charge in [-0.15, -0.1) is 0 Å². The van der Waals surface area contributed by atoms with Gasteiger partial charge in [0, 0.05) is 17.6 Å². The summed E-state index contributed by atoms with van der Waals surface area (Å²) in [5, 5.41) is 4.97. The second kappa shape index (κ2) is 4.00. The maximum absolute atomic E-state index is 5.80. The van der Waals surface area contributed by atoms with Gasteiger partial charge in [-0.05, 0) is 24.3 Å². The lowest BCUT2D eigenvalue weighted by molar-refractivity contribution is 0.703. The Balaban J connectivity index is 2.41. The molecule has 1 aromatic heterocycles. The molecule has 0 bridgehead atoms. The van der Waals surface area contributed by atoms with Crippen LogP contribution in [0.15, 0.2) is 24.3 Å². The van der Waals surface area contributed by atoms with Crippen molar-refractivity contribution in [2.75, 3.05) is 0 Å². The van der Waals surface area contributed by atoms with Gasteiger partial charge in [0.15, 0.2) is 5.82 Å². The molecule has 0 saturated heterocycles. The molecule has 0 aliphatic carbocycles. The van der Waals surface area contributed by atoms with Crippen LogP contribution in [0.5, 0.6) is 0 Å². The minimum Gasteiger partial charge on any atom is -0.324 e. The van der Waals surface area contributed by atoms with Crippen LogP contribution in [0.3, 0.4) is 0 Å². The van der Waals surface area contributed by atoms with E-state index in [1.54, 1.807) is 4.68 Å². The van der Waals surface area contributed by atoms with Crippen LogP contribution in [0, 0.1) is 0 Å². The fourth-order valence-corrected chi connectivity index (χ4v) is 1.44. The maximum atomic E-state index is 5.80. The Hall–Kier alpha value is -1.39. The minimum absolute atomic E-state index is 0.386. The topological polar surface area (TPSA) is 56.7 Å². The van der Waals surface area contributed by atoms with Crippen molar-refractivity contribution in [3.05, 3.63) is 35.1 Å². The summed E-state index contributed by atoms with van der Waals surface area (Å²) in [6.45, 7) is 0.386. The van der Waals surface area contributed by atoms with E-state index in [2.05, 4.69) is 10.1 Å². The highest BCUT2D eigenvalue weighted by Crippen LogP contribution is 2.18. The molecule has 0 radical (unpaired) electrons. The predicted molar refractivity (Wildman–Crippen MR) is 59.3 cm³/mol. The summed E-state index contributed by atoms with van der Waals surface area (Å²) >= 11 is 5.80. The Morgan fingerprint density at radius 1 is 1.33 bits per heavy atom. The van der Waals surface area contributed by atoms with Crippen LogP contribution in [0.4, 0.5) is 0 Å². The van der Waals surface area contributed by atoms with Gasteiger partial charge in [0.05, 0.1) is 6.54 Å². The number of hydrogen-bond acceptors (Lipinski definition) is 3. The van der Waals surface area contributed by atoms with Crippen molar-refractivity contribution in [2.45, 2.75) is 6.54 Å². The fourth-order valence-electron chi connectivity index (χ4n) is 1.32. The molecule has 2 N–H and O–H groups in total. The summed E-state index contributed by atoms with van der Waals surface area (Å²) < 4.78 is 1.68. The lowest BCUT2D eigenvalue weighted by atomic mass is 10.2. The van der Waals surface area contributed by atoms with E-state index in [4.69, 9.17) is 17.3 Å². The summed E-state index contributed by atoms with van der Waals surface area (Å²) in [6.07, 6.45) is 0. The number of aromatic nitrogens is 3. The lowest BCUT2D eigenvalue weighted by Crippen LogP contribution is -2.05. The van der Waals surface area contributed by atoms with E-state index < -0.39 is 0 Å². The quantitative estimate of drug-likeness (QED) is 0.840. The third kappa shape index (κ3) is 2.00. The minimum atomic E-state index is 0.386. The maximum Gasteiger partial charge on any atom is 0.181 e. The second-order valence-electron chi connectivity index (χ2n) is 3.19. The molecule has 78 valence electrons. The molecule has 0 saturated carbocycles. The van der Waals surface area contributed by atoms with Crippen molar-refractivity contribution >= 4 is 11.6 Å². The smallest absolute Gasteiger partial charge is 0.181 e. The van der Waals surface area contributed by atoms with E-state index in [0.717, 1.165) is 11.4 Å². The summed E-state index contributed by atoms with van der Waals surface area (Å²) in [5.74, 6) is 1.44. The highest BCUT2D eigenvalue weighted by molar-refractivity contribution is 6.30. The predicted octanol–water partition coefficient (Wildman–Crippen LogP) is 1.59. The monoisotopic (exact) mass is 222 g/mol. The first-order chi connectivity index (χ1) is 7.20. The first kappa shape index (κ1) is 10.1. The molecule has 2 aromatic rings. The molecule has 0 spiro atoms. The number of rotatable bonds is 2. The highest BCUT2D eigenvalue weighted by Gasteiger charge is 2.07. The van der Waals surface area contributed by atoms with E-state index in [1.165, 1.54) is 0 Å². The number of nitrogens with zero attached hydrogens (tertiary/aromatic N) is 3. The average Bonchev–Trinajstić information content (AvgIpc) is 2.61. The molecule has 15 heavy (non-hydrogen) atoms. The van der Waals surface area contributed by atoms with Crippen molar-refractivity contribution < 1.29 is 0 Å². The van der Waals surface area contributed by atoms with E-state index in [-0.39, 0.29) is 0 Å². The lowest BCUT2D eigenvalue weighted by Gasteiger charge is -1.94. The molecular weight excluding hydrogens is 212 g/mol. The molecule has 1 aromatic carbocycles. The van der Waals surface area contributed by atoms with E-state index in [9.17, 15) is 0 Å². The van der Waals surface area contributed by atoms with Crippen LogP contribution in [0.2, 0.25) is 5.02 Å². The number of aryl methyl sites for hydroxylation is 1. The van der Waals surface area contributed by atoms with Gasteiger partial charge in [0.1, 0.15) is 5.82 Å².